The lowest BCUT2D eigenvalue weighted by atomic mass is 9.97. The van der Waals surface area contributed by atoms with Crippen LogP contribution in [-0.2, 0) is 9.47 Å². The minimum absolute atomic E-state index is 0.0506. The molecule has 2 aromatic rings. The molecule has 7 heteroatoms. The maximum atomic E-state index is 13.6. The number of ether oxygens (including phenoxy) is 2. The number of amides is 1. The first-order valence-electron chi connectivity index (χ1n) is 10.5. The number of benzene rings is 1. The fourth-order valence-corrected chi connectivity index (χ4v) is 4.34. The fraction of sp³-hybridized carbons (Fsp3) is 0.478. The topological polar surface area (TPSA) is 75.1 Å². The van der Waals surface area contributed by atoms with Crippen molar-refractivity contribution in [3.63, 3.8) is 0 Å². The number of carbonyl (C=O) groups is 1. The Kier molecular flexibility index (Phi) is 6.32. The Balaban J connectivity index is 1.65. The van der Waals surface area contributed by atoms with Gasteiger partial charge in [0.1, 0.15) is 5.75 Å². The van der Waals surface area contributed by atoms with E-state index in [0.29, 0.717) is 29.8 Å². The Labute approximate surface area is 177 Å². The Morgan fingerprint density at radius 1 is 1.17 bits per heavy atom. The van der Waals surface area contributed by atoms with Crippen LogP contribution in [0.1, 0.15) is 33.1 Å². The lowest BCUT2D eigenvalue weighted by molar-refractivity contribution is -0.0819. The third-order valence-corrected chi connectivity index (χ3v) is 5.92. The zero-order valence-electron chi connectivity index (χ0n) is 17.6. The summed E-state index contributed by atoms with van der Waals surface area (Å²) in [6.45, 7) is 8.55. The number of aromatic hydroxyl groups is 1. The molecule has 0 spiro atoms. The highest BCUT2D eigenvalue weighted by atomic mass is 16.5. The van der Waals surface area contributed by atoms with Gasteiger partial charge in [-0.3, -0.25) is 14.7 Å². The zero-order valence-corrected chi connectivity index (χ0v) is 17.6. The highest BCUT2D eigenvalue weighted by Gasteiger charge is 2.38. The molecule has 1 aromatic heterocycles. The number of nitrogens with zero attached hydrogens (tertiary/aromatic N) is 3. The van der Waals surface area contributed by atoms with Crippen LogP contribution >= 0.6 is 0 Å². The van der Waals surface area contributed by atoms with E-state index >= 15 is 0 Å². The van der Waals surface area contributed by atoms with Crippen molar-refractivity contribution >= 4 is 5.91 Å². The van der Waals surface area contributed by atoms with E-state index in [-0.39, 0.29) is 23.8 Å². The molecule has 2 atom stereocenters. The van der Waals surface area contributed by atoms with E-state index in [4.69, 9.17) is 9.47 Å². The molecule has 2 aliphatic rings. The summed E-state index contributed by atoms with van der Waals surface area (Å²) in [4.78, 5) is 22.1. The van der Waals surface area contributed by atoms with Gasteiger partial charge >= 0.3 is 0 Å². The second-order valence-electron chi connectivity index (χ2n) is 8.01. The second-order valence-corrected chi connectivity index (χ2v) is 8.01. The predicted molar refractivity (Wildman–Crippen MR) is 113 cm³/mol. The maximum absolute atomic E-state index is 13.6. The van der Waals surface area contributed by atoms with Gasteiger partial charge < -0.3 is 19.5 Å². The standard InChI is InChI=1S/C23H29N3O4/c1-16-12-19(13-17(2)22(16)27)23(28)26-8-11-30-20(15-25-6-9-29-10-7-25)21(26)18-4-3-5-24-14-18/h3-5,12-14,20-21,27H,6-11,15H2,1-2H3/t20-,21-/m0/s1. The first-order valence-corrected chi connectivity index (χ1v) is 10.5. The number of rotatable bonds is 4. The van der Waals surface area contributed by atoms with Crippen molar-refractivity contribution in [1.82, 2.24) is 14.8 Å². The molecular formula is C23H29N3O4. The van der Waals surface area contributed by atoms with Crippen LogP contribution in [0, 0.1) is 13.8 Å². The minimum Gasteiger partial charge on any atom is -0.507 e. The number of morpholine rings is 2. The first kappa shape index (κ1) is 20.8. The van der Waals surface area contributed by atoms with Gasteiger partial charge in [0.15, 0.2) is 0 Å². The maximum Gasteiger partial charge on any atom is 0.254 e. The van der Waals surface area contributed by atoms with Crippen LogP contribution in [0.4, 0.5) is 0 Å². The first-order chi connectivity index (χ1) is 14.5. The minimum atomic E-state index is -0.225. The van der Waals surface area contributed by atoms with Crippen molar-refractivity contribution < 1.29 is 19.4 Å². The molecule has 1 amide bonds. The molecule has 30 heavy (non-hydrogen) atoms. The number of pyridine rings is 1. The third-order valence-electron chi connectivity index (χ3n) is 5.92. The molecule has 0 unspecified atom stereocenters. The average Bonchev–Trinajstić information content (AvgIpc) is 2.78. The van der Waals surface area contributed by atoms with Gasteiger partial charge in [-0.2, -0.15) is 0 Å². The Morgan fingerprint density at radius 3 is 2.57 bits per heavy atom. The molecule has 0 radical (unpaired) electrons. The van der Waals surface area contributed by atoms with Gasteiger partial charge in [0.2, 0.25) is 0 Å². The van der Waals surface area contributed by atoms with Crippen LogP contribution in [0.2, 0.25) is 0 Å². The predicted octanol–water partition coefficient (Wildman–Crippen LogP) is 2.32. The van der Waals surface area contributed by atoms with Crippen LogP contribution in [0.25, 0.3) is 0 Å². The van der Waals surface area contributed by atoms with E-state index in [0.717, 1.165) is 38.4 Å². The Bertz CT molecular complexity index is 860. The van der Waals surface area contributed by atoms with Gasteiger partial charge in [-0.25, -0.2) is 0 Å². The van der Waals surface area contributed by atoms with E-state index < -0.39 is 0 Å². The zero-order chi connectivity index (χ0) is 21.1. The smallest absolute Gasteiger partial charge is 0.254 e. The molecule has 0 aliphatic carbocycles. The number of aryl methyl sites for hydroxylation is 2. The van der Waals surface area contributed by atoms with E-state index in [1.165, 1.54) is 0 Å². The summed E-state index contributed by atoms with van der Waals surface area (Å²) in [5.41, 5.74) is 2.96. The summed E-state index contributed by atoms with van der Waals surface area (Å²) in [5, 5.41) is 10.1. The highest BCUT2D eigenvalue weighted by Crippen LogP contribution is 2.32. The summed E-state index contributed by atoms with van der Waals surface area (Å²) in [6.07, 6.45) is 3.41. The number of phenolic OH excluding ortho intramolecular Hbond substituents is 1. The number of hydrogen-bond donors (Lipinski definition) is 1. The molecular weight excluding hydrogens is 382 g/mol. The van der Waals surface area contributed by atoms with Crippen molar-refractivity contribution in [2.75, 3.05) is 46.0 Å². The summed E-state index contributed by atoms with van der Waals surface area (Å²) in [6, 6.07) is 7.20. The van der Waals surface area contributed by atoms with Gasteiger partial charge in [-0.05, 0) is 48.7 Å². The van der Waals surface area contributed by atoms with E-state index in [2.05, 4.69) is 9.88 Å². The largest absolute Gasteiger partial charge is 0.507 e. The average molecular weight is 412 g/mol. The lowest BCUT2D eigenvalue weighted by Gasteiger charge is -2.43. The second kappa shape index (κ2) is 9.12. The monoisotopic (exact) mass is 411 g/mol. The molecule has 3 heterocycles. The fourth-order valence-electron chi connectivity index (χ4n) is 4.34. The van der Waals surface area contributed by atoms with Crippen LogP contribution in [0.5, 0.6) is 5.75 Å². The number of carbonyl (C=O) groups excluding carboxylic acids is 1. The number of aromatic nitrogens is 1. The van der Waals surface area contributed by atoms with Crippen molar-refractivity contribution in [2.24, 2.45) is 0 Å². The molecule has 2 fully saturated rings. The summed E-state index contributed by atoms with van der Waals surface area (Å²) in [5.74, 6) is 0.188. The van der Waals surface area contributed by atoms with Crippen molar-refractivity contribution in [3.8, 4) is 5.75 Å². The summed E-state index contributed by atoms with van der Waals surface area (Å²) < 4.78 is 11.7. The molecule has 160 valence electrons. The molecule has 2 saturated heterocycles. The quantitative estimate of drug-likeness (QED) is 0.832. The van der Waals surface area contributed by atoms with Crippen molar-refractivity contribution in [3.05, 3.63) is 58.9 Å². The van der Waals surface area contributed by atoms with E-state index in [1.807, 2.05) is 37.1 Å². The van der Waals surface area contributed by atoms with Gasteiger partial charge in [0.25, 0.3) is 5.91 Å². The van der Waals surface area contributed by atoms with E-state index in [9.17, 15) is 9.90 Å². The summed E-state index contributed by atoms with van der Waals surface area (Å²) in [7, 11) is 0. The van der Waals surface area contributed by atoms with Crippen LogP contribution in [0.3, 0.4) is 0 Å². The molecule has 4 rings (SSSR count). The molecule has 2 aliphatic heterocycles. The Hall–Kier alpha value is -2.48. The van der Waals surface area contributed by atoms with Crippen molar-refractivity contribution in [1.29, 1.82) is 0 Å². The van der Waals surface area contributed by atoms with Gasteiger partial charge in [-0.1, -0.05) is 6.07 Å². The Morgan fingerprint density at radius 2 is 1.90 bits per heavy atom. The molecule has 0 bridgehead atoms. The highest BCUT2D eigenvalue weighted by molar-refractivity contribution is 5.95. The van der Waals surface area contributed by atoms with Gasteiger partial charge in [0.05, 0.1) is 32.0 Å². The van der Waals surface area contributed by atoms with Crippen LogP contribution in [0.15, 0.2) is 36.7 Å². The molecule has 1 aromatic carbocycles. The third kappa shape index (κ3) is 4.33. The molecule has 7 nitrogen and oxygen atoms in total. The summed E-state index contributed by atoms with van der Waals surface area (Å²) >= 11 is 0. The van der Waals surface area contributed by atoms with Gasteiger partial charge in [0, 0.05) is 44.1 Å². The van der Waals surface area contributed by atoms with Gasteiger partial charge in [-0.15, -0.1) is 0 Å². The van der Waals surface area contributed by atoms with Crippen LogP contribution in [-0.4, -0.2) is 77.9 Å². The van der Waals surface area contributed by atoms with Crippen LogP contribution < -0.4 is 0 Å². The molecule has 0 saturated carbocycles. The SMILES string of the molecule is Cc1cc(C(=O)N2CCO[C@@H](CN3CCOCC3)[C@@H]2c2cccnc2)cc(C)c1O. The number of hydrogen-bond acceptors (Lipinski definition) is 6. The van der Waals surface area contributed by atoms with Crippen molar-refractivity contribution in [2.45, 2.75) is 26.0 Å². The van der Waals surface area contributed by atoms with E-state index in [1.54, 1.807) is 18.3 Å². The normalized spacial score (nSPS) is 22.8. The number of phenols is 1. The molecule has 1 N–H and O–H groups in total. The lowest BCUT2D eigenvalue weighted by Crippen LogP contribution is -2.53.